The topological polar surface area (TPSA) is 12.0 Å². The summed E-state index contributed by atoms with van der Waals surface area (Å²) in [5, 5.41) is 3.51. The highest BCUT2D eigenvalue weighted by atomic mass is 14.8. The number of nitrogens with one attached hydrogen (secondary N) is 1. The van der Waals surface area contributed by atoms with Crippen LogP contribution in [0.1, 0.15) is 50.2 Å². The van der Waals surface area contributed by atoms with Crippen molar-refractivity contribution in [1.29, 1.82) is 0 Å². The van der Waals surface area contributed by atoms with Gasteiger partial charge < -0.3 is 5.32 Å². The molecule has 0 aromatic heterocycles. The van der Waals surface area contributed by atoms with E-state index in [4.69, 9.17) is 0 Å². The van der Waals surface area contributed by atoms with Crippen molar-refractivity contribution < 1.29 is 0 Å². The Bertz CT molecular complexity index is 396. The third kappa shape index (κ3) is 4.50. The van der Waals surface area contributed by atoms with Crippen LogP contribution in [0, 0.1) is 12.8 Å². The van der Waals surface area contributed by atoms with Gasteiger partial charge in [-0.05, 0) is 37.8 Å². The molecule has 2 rings (SSSR count). The molecule has 1 heteroatoms. The van der Waals surface area contributed by atoms with Gasteiger partial charge in [0.05, 0.1) is 0 Å². The molecule has 1 aromatic rings. The smallest absolute Gasteiger partial charge is 0.0170 e. The van der Waals surface area contributed by atoms with Crippen LogP contribution in [0.15, 0.2) is 29.8 Å². The molecule has 0 spiro atoms. The van der Waals surface area contributed by atoms with E-state index in [0.717, 1.165) is 19.0 Å². The molecule has 104 valence electrons. The van der Waals surface area contributed by atoms with E-state index in [1.54, 1.807) is 5.57 Å². The molecule has 1 fully saturated rings. The van der Waals surface area contributed by atoms with E-state index in [2.05, 4.69) is 49.5 Å². The molecule has 0 heterocycles. The fraction of sp³-hybridized carbons (Fsp3) is 0.556. The van der Waals surface area contributed by atoms with E-state index in [1.807, 2.05) is 0 Å². The van der Waals surface area contributed by atoms with Gasteiger partial charge in [-0.15, -0.1) is 0 Å². The quantitative estimate of drug-likeness (QED) is 0.815. The lowest BCUT2D eigenvalue weighted by Gasteiger charge is -2.25. The Labute approximate surface area is 118 Å². The molecular formula is C18H27N. The van der Waals surface area contributed by atoms with E-state index in [1.165, 1.54) is 43.2 Å². The Kier molecular flexibility index (Phi) is 5.65. The summed E-state index contributed by atoms with van der Waals surface area (Å²) >= 11 is 0. The first-order valence-corrected chi connectivity index (χ1v) is 7.77. The van der Waals surface area contributed by atoms with Gasteiger partial charge in [0, 0.05) is 6.54 Å². The van der Waals surface area contributed by atoms with Crippen LogP contribution in [0.5, 0.6) is 0 Å². The van der Waals surface area contributed by atoms with Crippen molar-refractivity contribution in [1.82, 2.24) is 5.32 Å². The Morgan fingerprint density at radius 2 is 1.84 bits per heavy atom. The fourth-order valence-electron chi connectivity index (χ4n) is 2.93. The van der Waals surface area contributed by atoms with Gasteiger partial charge in [-0.1, -0.05) is 67.7 Å². The van der Waals surface area contributed by atoms with Crippen molar-refractivity contribution in [3.8, 4) is 0 Å². The van der Waals surface area contributed by atoms with Gasteiger partial charge in [-0.3, -0.25) is 0 Å². The van der Waals surface area contributed by atoms with Gasteiger partial charge in [0.25, 0.3) is 0 Å². The Balaban J connectivity index is 2.12. The first-order chi connectivity index (χ1) is 9.29. The minimum atomic E-state index is 0.800. The Hall–Kier alpha value is -1.08. The van der Waals surface area contributed by atoms with Crippen LogP contribution in [0.3, 0.4) is 0 Å². The molecule has 0 atom stereocenters. The normalized spacial score (nSPS) is 17.7. The number of aryl methyl sites for hydroxylation is 1. The summed E-state index contributed by atoms with van der Waals surface area (Å²) in [6, 6.07) is 8.89. The molecule has 1 aliphatic rings. The fourth-order valence-corrected chi connectivity index (χ4v) is 2.93. The summed E-state index contributed by atoms with van der Waals surface area (Å²) in [4.78, 5) is 0. The lowest BCUT2D eigenvalue weighted by molar-refractivity contribution is 0.397. The van der Waals surface area contributed by atoms with Gasteiger partial charge in [-0.25, -0.2) is 0 Å². The first kappa shape index (κ1) is 14.3. The lowest BCUT2D eigenvalue weighted by atomic mass is 9.83. The van der Waals surface area contributed by atoms with Crippen molar-refractivity contribution in [2.24, 2.45) is 5.92 Å². The second-order valence-electron chi connectivity index (χ2n) is 5.75. The first-order valence-electron chi connectivity index (χ1n) is 7.77. The van der Waals surface area contributed by atoms with Crippen LogP contribution in [-0.2, 0) is 0 Å². The zero-order valence-electron chi connectivity index (χ0n) is 12.4. The number of benzene rings is 1. The van der Waals surface area contributed by atoms with E-state index < -0.39 is 0 Å². The van der Waals surface area contributed by atoms with E-state index in [0.29, 0.717) is 0 Å². The van der Waals surface area contributed by atoms with Crippen molar-refractivity contribution in [2.75, 3.05) is 13.1 Å². The van der Waals surface area contributed by atoms with Gasteiger partial charge in [0.15, 0.2) is 0 Å². The maximum absolute atomic E-state index is 3.51. The summed E-state index contributed by atoms with van der Waals surface area (Å²) in [6.45, 7) is 6.44. The molecule has 1 N–H and O–H groups in total. The summed E-state index contributed by atoms with van der Waals surface area (Å²) < 4.78 is 0. The van der Waals surface area contributed by atoms with Crippen LogP contribution in [-0.4, -0.2) is 13.1 Å². The SMILES string of the molecule is CCNCC(=Cc1ccc(C)cc1)C1CCCCC1. The minimum absolute atomic E-state index is 0.800. The second kappa shape index (κ2) is 7.49. The van der Waals surface area contributed by atoms with Gasteiger partial charge in [-0.2, -0.15) is 0 Å². The molecule has 1 saturated carbocycles. The molecule has 0 amide bonds. The number of hydrogen-bond acceptors (Lipinski definition) is 1. The molecule has 1 nitrogen and oxygen atoms in total. The van der Waals surface area contributed by atoms with E-state index in [9.17, 15) is 0 Å². The van der Waals surface area contributed by atoms with Crippen LogP contribution in [0.2, 0.25) is 0 Å². The van der Waals surface area contributed by atoms with Crippen molar-refractivity contribution in [3.63, 3.8) is 0 Å². The number of hydrogen-bond donors (Lipinski definition) is 1. The van der Waals surface area contributed by atoms with Crippen LogP contribution in [0.25, 0.3) is 6.08 Å². The molecule has 1 aromatic carbocycles. The Morgan fingerprint density at radius 3 is 2.47 bits per heavy atom. The second-order valence-corrected chi connectivity index (χ2v) is 5.75. The maximum Gasteiger partial charge on any atom is 0.0170 e. The molecule has 0 bridgehead atoms. The van der Waals surface area contributed by atoms with Gasteiger partial charge in [0.1, 0.15) is 0 Å². The lowest BCUT2D eigenvalue weighted by Crippen LogP contribution is -2.22. The summed E-state index contributed by atoms with van der Waals surface area (Å²) in [6.07, 6.45) is 9.41. The van der Waals surface area contributed by atoms with Crippen molar-refractivity contribution in [2.45, 2.75) is 46.0 Å². The number of rotatable bonds is 5. The van der Waals surface area contributed by atoms with Crippen molar-refractivity contribution >= 4 is 6.08 Å². The average Bonchev–Trinajstić information content (AvgIpc) is 2.46. The molecular weight excluding hydrogens is 230 g/mol. The maximum atomic E-state index is 3.51. The third-order valence-corrected chi connectivity index (χ3v) is 4.14. The molecule has 19 heavy (non-hydrogen) atoms. The summed E-state index contributed by atoms with van der Waals surface area (Å²) in [7, 11) is 0. The zero-order chi connectivity index (χ0) is 13.5. The molecule has 0 saturated heterocycles. The predicted molar refractivity (Wildman–Crippen MR) is 84.3 cm³/mol. The van der Waals surface area contributed by atoms with Gasteiger partial charge >= 0.3 is 0 Å². The van der Waals surface area contributed by atoms with Crippen LogP contribution >= 0.6 is 0 Å². The average molecular weight is 257 g/mol. The van der Waals surface area contributed by atoms with Crippen LogP contribution in [0.4, 0.5) is 0 Å². The molecule has 0 unspecified atom stereocenters. The third-order valence-electron chi connectivity index (χ3n) is 4.14. The summed E-state index contributed by atoms with van der Waals surface area (Å²) in [5.74, 6) is 0.800. The van der Waals surface area contributed by atoms with Gasteiger partial charge in [0.2, 0.25) is 0 Å². The minimum Gasteiger partial charge on any atom is -0.313 e. The van der Waals surface area contributed by atoms with E-state index >= 15 is 0 Å². The predicted octanol–water partition coefficient (Wildman–Crippen LogP) is 4.57. The molecule has 1 aliphatic carbocycles. The number of likely N-dealkylation sites (N-methyl/N-ethyl adjacent to an activating group) is 1. The highest BCUT2D eigenvalue weighted by Gasteiger charge is 2.17. The van der Waals surface area contributed by atoms with E-state index in [-0.39, 0.29) is 0 Å². The monoisotopic (exact) mass is 257 g/mol. The van der Waals surface area contributed by atoms with Crippen LogP contribution < -0.4 is 5.32 Å². The summed E-state index contributed by atoms with van der Waals surface area (Å²) in [5.41, 5.74) is 4.29. The highest BCUT2D eigenvalue weighted by molar-refractivity contribution is 5.54. The Morgan fingerprint density at radius 1 is 1.16 bits per heavy atom. The molecule has 0 radical (unpaired) electrons. The standard InChI is InChI=1S/C18H27N/c1-3-19-14-18(17-7-5-4-6-8-17)13-16-11-9-15(2)10-12-16/h9-13,17,19H,3-8,14H2,1-2H3. The molecule has 0 aliphatic heterocycles. The largest absolute Gasteiger partial charge is 0.313 e. The highest BCUT2D eigenvalue weighted by Crippen LogP contribution is 2.30. The van der Waals surface area contributed by atoms with Crippen molar-refractivity contribution in [3.05, 3.63) is 41.0 Å². The zero-order valence-corrected chi connectivity index (χ0v) is 12.4.